The topological polar surface area (TPSA) is 54.2 Å². The molecule has 1 aromatic heterocycles. The third-order valence-electron chi connectivity index (χ3n) is 4.66. The zero-order chi connectivity index (χ0) is 15.7. The van der Waals surface area contributed by atoms with Crippen molar-refractivity contribution in [3.05, 3.63) is 42.2 Å². The average molecular weight is 296 g/mol. The molecule has 116 valence electrons. The van der Waals surface area contributed by atoms with Crippen LogP contribution in [0.2, 0.25) is 0 Å². The summed E-state index contributed by atoms with van der Waals surface area (Å²) < 4.78 is 0. The number of pyridine rings is 1. The number of hydrogen-bond acceptors (Lipinski definition) is 4. The quantitative estimate of drug-likeness (QED) is 0.833. The molecule has 0 atom stereocenters. The molecule has 1 heterocycles. The summed E-state index contributed by atoms with van der Waals surface area (Å²) in [6.07, 6.45) is 4.46. The van der Waals surface area contributed by atoms with E-state index in [-0.39, 0.29) is 0 Å². The first-order valence-corrected chi connectivity index (χ1v) is 7.76. The molecule has 0 radical (unpaired) electrons. The highest BCUT2D eigenvalue weighted by atomic mass is 15.2. The minimum atomic E-state index is 0.293. The zero-order valence-electron chi connectivity index (χ0n) is 13.6. The second-order valence-corrected chi connectivity index (χ2v) is 6.33. The molecule has 1 aliphatic carbocycles. The Labute approximate surface area is 132 Å². The van der Waals surface area contributed by atoms with E-state index < -0.39 is 0 Å². The number of aryl methyl sites for hydroxylation is 1. The maximum atomic E-state index is 5.78. The van der Waals surface area contributed by atoms with Gasteiger partial charge in [-0.2, -0.15) is 0 Å². The Hall–Kier alpha value is -2.07. The van der Waals surface area contributed by atoms with Crippen LogP contribution in [0, 0.1) is 6.92 Å². The molecule has 0 bridgehead atoms. The number of nitrogens with two attached hydrogens (primary N) is 1. The lowest BCUT2D eigenvalue weighted by atomic mass is 10.0. The van der Waals surface area contributed by atoms with Gasteiger partial charge in [0.15, 0.2) is 0 Å². The van der Waals surface area contributed by atoms with E-state index in [1.807, 2.05) is 32.3 Å². The first-order valence-electron chi connectivity index (χ1n) is 7.76. The van der Waals surface area contributed by atoms with Crippen LogP contribution in [-0.4, -0.2) is 31.2 Å². The molecule has 1 aliphatic rings. The molecule has 1 aromatic carbocycles. The predicted octanol–water partition coefficient (Wildman–Crippen LogP) is 2.83. The first kappa shape index (κ1) is 14.9. The number of rotatable bonds is 5. The van der Waals surface area contributed by atoms with Crippen LogP contribution < -0.4 is 16.0 Å². The molecule has 2 aromatic rings. The van der Waals surface area contributed by atoms with Gasteiger partial charge in [0.05, 0.1) is 11.9 Å². The number of nitrogen functional groups attached to an aromatic ring is 1. The molecular weight excluding hydrogens is 272 g/mol. The lowest BCUT2D eigenvalue weighted by Crippen LogP contribution is -2.39. The number of aromatic nitrogens is 1. The standard InChI is InChI=1S/C18H24N4/c1-13-17(14-4-6-15(19)7-5-14)10-16(11-21-13)22(3)12-18(20-2)8-9-18/h4-7,10-11,20H,8-9,12,19H2,1-3H3. The van der Waals surface area contributed by atoms with E-state index in [2.05, 4.69) is 40.4 Å². The summed E-state index contributed by atoms with van der Waals surface area (Å²) in [6.45, 7) is 3.06. The Bertz CT molecular complexity index is 659. The molecule has 1 saturated carbocycles. The summed E-state index contributed by atoms with van der Waals surface area (Å²) in [4.78, 5) is 6.87. The third kappa shape index (κ3) is 2.92. The van der Waals surface area contributed by atoms with Gasteiger partial charge in [0.1, 0.15) is 0 Å². The number of likely N-dealkylation sites (N-methyl/N-ethyl adjacent to an activating group) is 2. The number of benzene rings is 1. The molecule has 3 rings (SSSR count). The van der Waals surface area contributed by atoms with Crippen LogP contribution in [0.15, 0.2) is 36.5 Å². The lowest BCUT2D eigenvalue weighted by Gasteiger charge is -2.25. The molecule has 0 aliphatic heterocycles. The van der Waals surface area contributed by atoms with Gasteiger partial charge in [0, 0.05) is 36.1 Å². The van der Waals surface area contributed by atoms with Crippen molar-refractivity contribution in [2.24, 2.45) is 0 Å². The van der Waals surface area contributed by atoms with Crippen molar-refractivity contribution < 1.29 is 0 Å². The summed E-state index contributed by atoms with van der Waals surface area (Å²) in [5.41, 5.74) is 11.4. The fraction of sp³-hybridized carbons (Fsp3) is 0.389. The van der Waals surface area contributed by atoms with Crippen molar-refractivity contribution in [1.29, 1.82) is 0 Å². The molecular formula is C18H24N4. The van der Waals surface area contributed by atoms with Gasteiger partial charge in [-0.3, -0.25) is 4.98 Å². The van der Waals surface area contributed by atoms with Crippen LogP contribution in [0.1, 0.15) is 18.5 Å². The average Bonchev–Trinajstić information content (AvgIpc) is 3.29. The fourth-order valence-corrected chi connectivity index (χ4v) is 2.87. The van der Waals surface area contributed by atoms with Gasteiger partial charge in [-0.15, -0.1) is 0 Å². The lowest BCUT2D eigenvalue weighted by molar-refractivity contribution is 0.549. The molecule has 0 saturated heterocycles. The summed E-state index contributed by atoms with van der Waals surface area (Å²) in [6, 6.07) is 10.2. The SMILES string of the molecule is CNC1(CN(C)c2cnc(C)c(-c3ccc(N)cc3)c2)CC1. The summed E-state index contributed by atoms with van der Waals surface area (Å²) in [5, 5.41) is 3.44. The Balaban J connectivity index is 1.87. The van der Waals surface area contributed by atoms with E-state index >= 15 is 0 Å². The van der Waals surface area contributed by atoms with Crippen LogP contribution in [0.25, 0.3) is 11.1 Å². The number of hydrogen-bond donors (Lipinski definition) is 2. The van der Waals surface area contributed by atoms with Crippen molar-refractivity contribution in [3.63, 3.8) is 0 Å². The predicted molar refractivity (Wildman–Crippen MR) is 93.1 cm³/mol. The normalized spacial score (nSPS) is 15.6. The van der Waals surface area contributed by atoms with Gasteiger partial charge in [-0.05, 0) is 50.6 Å². The highest BCUT2D eigenvalue weighted by Gasteiger charge is 2.41. The molecule has 1 fully saturated rings. The molecule has 4 heteroatoms. The Kier molecular flexibility index (Phi) is 3.79. The van der Waals surface area contributed by atoms with Gasteiger partial charge in [-0.1, -0.05) is 12.1 Å². The zero-order valence-corrected chi connectivity index (χ0v) is 13.6. The molecule has 4 nitrogen and oxygen atoms in total. The van der Waals surface area contributed by atoms with Crippen LogP contribution >= 0.6 is 0 Å². The molecule has 0 spiro atoms. The smallest absolute Gasteiger partial charge is 0.0557 e. The number of nitrogens with zero attached hydrogens (tertiary/aromatic N) is 2. The Morgan fingerprint density at radius 2 is 1.95 bits per heavy atom. The monoisotopic (exact) mass is 296 g/mol. The fourth-order valence-electron chi connectivity index (χ4n) is 2.87. The highest BCUT2D eigenvalue weighted by molar-refractivity contribution is 5.71. The van der Waals surface area contributed by atoms with Gasteiger partial charge < -0.3 is 16.0 Å². The first-order chi connectivity index (χ1) is 10.5. The van der Waals surface area contributed by atoms with Crippen LogP contribution in [-0.2, 0) is 0 Å². The highest BCUT2D eigenvalue weighted by Crippen LogP contribution is 2.36. The number of anilines is 2. The second kappa shape index (κ2) is 5.61. The van der Waals surface area contributed by atoms with Crippen molar-refractivity contribution in [2.45, 2.75) is 25.3 Å². The Morgan fingerprint density at radius 1 is 1.27 bits per heavy atom. The Morgan fingerprint density at radius 3 is 2.55 bits per heavy atom. The molecule has 22 heavy (non-hydrogen) atoms. The summed E-state index contributed by atoms with van der Waals surface area (Å²) >= 11 is 0. The second-order valence-electron chi connectivity index (χ2n) is 6.33. The van der Waals surface area contributed by atoms with Crippen LogP contribution in [0.5, 0.6) is 0 Å². The van der Waals surface area contributed by atoms with Gasteiger partial charge in [0.2, 0.25) is 0 Å². The molecule has 0 unspecified atom stereocenters. The van der Waals surface area contributed by atoms with Crippen LogP contribution in [0.3, 0.4) is 0 Å². The minimum Gasteiger partial charge on any atom is -0.399 e. The van der Waals surface area contributed by atoms with Crippen molar-refractivity contribution in [1.82, 2.24) is 10.3 Å². The largest absolute Gasteiger partial charge is 0.399 e. The van der Waals surface area contributed by atoms with E-state index in [0.29, 0.717) is 5.54 Å². The molecule has 3 N–H and O–H groups in total. The maximum absolute atomic E-state index is 5.78. The van der Waals surface area contributed by atoms with Gasteiger partial charge in [-0.25, -0.2) is 0 Å². The van der Waals surface area contributed by atoms with E-state index in [1.165, 1.54) is 18.4 Å². The van der Waals surface area contributed by atoms with Crippen molar-refractivity contribution in [3.8, 4) is 11.1 Å². The van der Waals surface area contributed by atoms with Gasteiger partial charge in [0.25, 0.3) is 0 Å². The van der Waals surface area contributed by atoms with E-state index in [4.69, 9.17) is 5.73 Å². The maximum Gasteiger partial charge on any atom is 0.0557 e. The molecule has 0 amide bonds. The summed E-state index contributed by atoms with van der Waals surface area (Å²) in [5.74, 6) is 0. The summed E-state index contributed by atoms with van der Waals surface area (Å²) in [7, 11) is 4.19. The van der Waals surface area contributed by atoms with Crippen molar-refractivity contribution >= 4 is 11.4 Å². The van der Waals surface area contributed by atoms with E-state index in [9.17, 15) is 0 Å². The van der Waals surface area contributed by atoms with E-state index in [0.717, 1.165) is 29.2 Å². The van der Waals surface area contributed by atoms with Crippen LogP contribution in [0.4, 0.5) is 11.4 Å². The van der Waals surface area contributed by atoms with Gasteiger partial charge >= 0.3 is 0 Å². The van der Waals surface area contributed by atoms with Crippen molar-refractivity contribution in [2.75, 3.05) is 31.3 Å². The number of nitrogens with one attached hydrogen (secondary N) is 1. The third-order valence-corrected chi connectivity index (χ3v) is 4.66. The van der Waals surface area contributed by atoms with E-state index in [1.54, 1.807) is 0 Å². The minimum absolute atomic E-state index is 0.293.